The molecule has 0 spiro atoms. The van der Waals surface area contributed by atoms with E-state index in [-0.39, 0.29) is 24.5 Å². The molecule has 1 amide bonds. The van der Waals surface area contributed by atoms with E-state index >= 15 is 0 Å². The van der Waals surface area contributed by atoms with Gasteiger partial charge in [-0.2, -0.15) is 9.97 Å². The van der Waals surface area contributed by atoms with E-state index < -0.39 is 6.67 Å². The van der Waals surface area contributed by atoms with Gasteiger partial charge in [-0.15, -0.1) is 0 Å². The van der Waals surface area contributed by atoms with Crippen LogP contribution in [0.25, 0.3) is 15.6 Å². The summed E-state index contributed by atoms with van der Waals surface area (Å²) >= 11 is 0. The number of carbonyl (C=O) groups excluding carboxylic acids is 1. The predicted octanol–water partition coefficient (Wildman–Crippen LogP) is 4.82. The smallest absolute Gasteiger partial charge is 0.318 e. The summed E-state index contributed by atoms with van der Waals surface area (Å²) in [5.41, 5.74) is 4.48. The van der Waals surface area contributed by atoms with Gasteiger partial charge in [-0.1, -0.05) is 30.3 Å². The maximum Gasteiger partial charge on any atom is 0.318 e. The molecule has 45 heavy (non-hydrogen) atoms. The molecule has 1 saturated carbocycles. The zero-order valence-corrected chi connectivity index (χ0v) is 26.5. The molecule has 9 nitrogen and oxygen atoms in total. The number of aryl methyl sites for hydroxylation is 1. The molecule has 2 atom stereocenters. The van der Waals surface area contributed by atoms with Gasteiger partial charge in [0.1, 0.15) is 25.1 Å². The van der Waals surface area contributed by atoms with Crippen molar-refractivity contribution in [2.45, 2.75) is 57.8 Å². The topological polar surface area (TPSA) is 69.4 Å². The second-order valence-corrected chi connectivity index (χ2v) is 12.5. The van der Waals surface area contributed by atoms with Crippen molar-refractivity contribution in [1.82, 2.24) is 19.8 Å². The Kier molecular flexibility index (Phi) is 9.17. The number of halogens is 1. The average molecular weight is 612 g/mol. The fourth-order valence-corrected chi connectivity index (χ4v) is 6.68. The van der Waals surface area contributed by atoms with Crippen molar-refractivity contribution >= 4 is 28.2 Å². The molecule has 10 heteroatoms. The normalized spacial score (nSPS) is 19.2. The highest BCUT2D eigenvalue weighted by Gasteiger charge is 2.35. The summed E-state index contributed by atoms with van der Waals surface area (Å²) in [6, 6.07) is 13.8. The molecule has 0 unspecified atom stereocenters. The first-order chi connectivity index (χ1) is 21.9. The number of hydrogen-bond donors (Lipinski definition) is 0. The third kappa shape index (κ3) is 6.59. The lowest BCUT2D eigenvalue weighted by Gasteiger charge is -2.41. The Morgan fingerprint density at radius 3 is 2.73 bits per heavy atom. The third-order valence-corrected chi connectivity index (χ3v) is 9.44. The number of likely N-dealkylation sites (N-methyl/N-ethyl adjacent to an activating group) is 1. The number of nitrogens with zero attached hydrogens (tertiary/aromatic N) is 7. The summed E-state index contributed by atoms with van der Waals surface area (Å²) in [6.45, 7) is 14.7. The zero-order chi connectivity index (χ0) is 31.5. The van der Waals surface area contributed by atoms with Crippen LogP contribution < -0.4 is 14.5 Å². The molecular formula is C35H42FN7O2. The van der Waals surface area contributed by atoms with Crippen molar-refractivity contribution in [2.75, 3.05) is 62.9 Å². The second kappa shape index (κ2) is 13.4. The van der Waals surface area contributed by atoms with Gasteiger partial charge >= 0.3 is 6.01 Å². The number of fused-ring (bicyclic) bond motifs is 2. The molecular weight excluding hydrogens is 569 g/mol. The molecule has 1 aliphatic carbocycles. The molecule has 0 radical (unpaired) electrons. The lowest BCUT2D eigenvalue weighted by molar-refractivity contribution is -0.128. The van der Waals surface area contributed by atoms with E-state index in [1.807, 2.05) is 0 Å². The standard InChI is InChI=1S/C35H42FN7O2/c1-24-8-5-9-26-10-6-11-31(33(24)26)41-17-15-29-30(22-41)38-35(45-23-25(2)40(4)27-13-14-27)39-34(29)42-18-19-43(28(21-42)20-37-3)32(44)12-7-16-36/h5-12,25,27-28H,13-23H2,1-2,4H3/b12-7+/t25-,28-/m0/s1. The average Bonchev–Trinajstić information content (AvgIpc) is 3.91. The minimum Gasteiger partial charge on any atom is -0.462 e. The molecule has 2 aliphatic heterocycles. The Hall–Kier alpha value is -4.23. The van der Waals surface area contributed by atoms with Crippen LogP contribution in [0.15, 0.2) is 48.6 Å². The SMILES string of the molecule is [C-]#[N+]C[C@H]1CN(c2nc(OC[C@H](C)N(C)C3CC3)nc3c2CCN(c2cccc4cccc(C)c24)C3)CCN1C(=O)/C=C/CF. The van der Waals surface area contributed by atoms with E-state index in [2.05, 4.69) is 76.8 Å². The quantitative estimate of drug-likeness (QED) is 0.241. The lowest BCUT2D eigenvalue weighted by atomic mass is 9.99. The first kappa shape index (κ1) is 30.8. The van der Waals surface area contributed by atoms with Crippen molar-refractivity contribution < 1.29 is 13.9 Å². The van der Waals surface area contributed by atoms with E-state index in [1.165, 1.54) is 47.0 Å². The number of carbonyl (C=O) groups is 1. The molecule has 1 aromatic heterocycles. The summed E-state index contributed by atoms with van der Waals surface area (Å²) in [5.74, 6) is 0.567. The van der Waals surface area contributed by atoms with Crippen LogP contribution in [-0.4, -0.2) is 96.9 Å². The van der Waals surface area contributed by atoms with E-state index in [0.717, 1.165) is 30.0 Å². The highest BCUT2D eigenvalue weighted by Crippen LogP contribution is 2.36. The van der Waals surface area contributed by atoms with E-state index in [4.69, 9.17) is 21.3 Å². The van der Waals surface area contributed by atoms with E-state index in [0.29, 0.717) is 44.8 Å². The Morgan fingerprint density at radius 2 is 1.98 bits per heavy atom. The molecule has 3 aliphatic rings. The first-order valence-electron chi connectivity index (χ1n) is 16.0. The molecule has 6 rings (SSSR count). The van der Waals surface area contributed by atoms with Crippen LogP contribution in [0.2, 0.25) is 0 Å². The minimum atomic E-state index is -0.695. The Labute approximate surface area is 265 Å². The fourth-order valence-electron chi connectivity index (χ4n) is 6.68. The van der Waals surface area contributed by atoms with Crippen LogP contribution >= 0.6 is 0 Å². The summed E-state index contributed by atoms with van der Waals surface area (Å²) in [4.78, 5) is 35.1. The van der Waals surface area contributed by atoms with Crippen LogP contribution in [0.3, 0.4) is 0 Å². The number of allylic oxidation sites excluding steroid dienone is 1. The van der Waals surface area contributed by atoms with Crippen LogP contribution in [0, 0.1) is 13.5 Å². The molecule has 236 valence electrons. The predicted molar refractivity (Wildman–Crippen MR) is 176 cm³/mol. The Balaban J connectivity index is 1.31. The molecule has 0 bridgehead atoms. The minimum absolute atomic E-state index is 0.168. The molecule has 3 aromatic rings. The number of rotatable bonds is 10. The molecule has 2 fully saturated rings. The van der Waals surface area contributed by atoms with Gasteiger partial charge in [-0.25, -0.2) is 11.0 Å². The third-order valence-electron chi connectivity index (χ3n) is 9.44. The Morgan fingerprint density at radius 1 is 1.18 bits per heavy atom. The van der Waals surface area contributed by atoms with Gasteiger partial charge in [0.2, 0.25) is 12.5 Å². The number of ether oxygens (including phenoxy) is 1. The van der Waals surface area contributed by atoms with Crippen molar-refractivity contribution in [2.24, 2.45) is 0 Å². The van der Waals surface area contributed by atoms with Gasteiger partial charge in [0.15, 0.2) is 0 Å². The van der Waals surface area contributed by atoms with Gasteiger partial charge in [0.05, 0.1) is 12.2 Å². The maximum absolute atomic E-state index is 12.8. The zero-order valence-electron chi connectivity index (χ0n) is 26.5. The van der Waals surface area contributed by atoms with Gasteiger partial charge < -0.3 is 24.3 Å². The largest absolute Gasteiger partial charge is 0.462 e. The van der Waals surface area contributed by atoms with Crippen molar-refractivity contribution in [1.29, 1.82) is 0 Å². The number of piperazine rings is 1. The summed E-state index contributed by atoms with van der Waals surface area (Å²) in [6.07, 6.45) is 5.72. The van der Waals surface area contributed by atoms with Crippen molar-refractivity contribution in [3.63, 3.8) is 0 Å². The number of benzene rings is 2. The lowest BCUT2D eigenvalue weighted by Crippen LogP contribution is -2.56. The summed E-state index contributed by atoms with van der Waals surface area (Å²) in [7, 11) is 2.15. The fraction of sp³-hybridized carbons (Fsp3) is 0.486. The molecule has 0 N–H and O–H groups in total. The van der Waals surface area contributed by atoms with Crippen molar-refractivity contribution in [3.8, 4) is 6.01 Å². The number of anilines is 2. The highest BCUT2D eigenvalue weighted by atomic mass is 19.1. The summed E-state index contributed by atoms with van der Waals surface area (Å²) < 4.78 is 19.0. The summed E-state index contributed by atoms with van der Waals surface area (Å²) in [5, 5.41) is 2.48. The van der Waals surface area contributed by atoms with Gasteiger partial charge in [0.25, 0.3) is 0 Å². The highest BCUT2D eigenvalue weighted by molar-refractivity contribution is 5.97. The molecule has 2 aromatic carbocycles. The van der Waals surface area contributed by atoms with E-state index in [9.17, 15) is 9.18 Å². The van der Waals surface area contributed by atoms with Gasteiger partial charge in [0, 0.05) is 61.0 Å². The Bertz CT molecular complexity index is 1610. The number of aromatic nitrogens is 2. The van der Waals surface area contributed by atoms with Crippen LogP contribution in [0.1, 0.15) is 36.6 Å². The van der Waals surface area contributed by atoms with Crippen LogP contribution in [0.4, 0.5) is 15.9 Å². The number of amides is 1. The maximum atomic E-state index is 12.8. The van der Waals surface area contributed by atoms with Gasteiger partial charge in [-0.3, -0.25) is 9.69 Å². The number of hydrogen-bond acceptors (Lipinski definition) is 7. The van der Waals surface area contributed by atoms with E-state index in [1.54, 1.807) is 4.90 Å². The number of alkyl halides is 1. The second-order valence-electron chi connectivity index (χ2n) is 12.5. The van der Waals surface area contributed by atoms with Crippen LogP contribution in [-0.2, 0) is 17.8 Å². The van der Waals surface area contributed by atoms with Crippen LogP contribution in [0.5, 0.6) is 6.01 Å². The van der Waals surface area contributed by atoms with Gasteiger partial charge in [-0.05, 0) is 63.2 Å². The van der Waals surface area contributed by atoms with Crippen molar-refractivity contribution in [3.05, 3.63) is 76.8 Å². The molecule has 1 saturated heterocycles. The first-order valence-corrected chi connectivity index (χ1v) is 16.0. The monoisotopic (exact) mass is 611 g/mol. The molecule has 3 heterocycles.